The number of likely N-dealkylation sites (tertiary alicyclic amines) is 1. The third-order valence-corrected chi connectivity index (χ3v) is 8.92. The van der Waals surface area contributed by atoms with Crippen LogP contribution in [-0.2, 0) is 9.59 Å². The van der Waals surface area contributed by atoms with Crippen LogP contribution in [0.1, 0.15) is 30.8 Å². The maximum atomic E-state index is 12.4. The summed E-state index contributed by atoms with van der Waals surface area (Å²) < 4.78 is 0. The number of amides is 2. The number of fused-ring (bicyclic) bond motifs is 1. The number of nitrogens with zero attached hydrogens (tertiary/aromatic N) is 4. The predicted octanol–water partition coefficient (Wildman–Crippen LogP) is -0.270. The van der Waals surface area contributed by atoms with Crippen molar-refractivity contribution in [2.24, 2.45) is 11.8 Å². The number of anilines is 1. The monoisotopic (exact) mass is 463 g/mol. The topological polar surface area (TPSA) is 117 Å². The molecule has 0 aliphatic carbocycles. The molecule has 0 bridgehead atoms. The van der Waals surface area contributed by atoms with Gasteiger partial charge in [-0.05, 0) is 13.3 Å². The smallest absolute Gasteiger partial charge is 0.273 e. The average Bonchev–Trinajstić information content (AvgIpc) is 3.18. The van der Waals surface area contributed by atoms with E-state index in [0.29, 0.717) is 23.7 Å². The van der Waals surface area contributed by atoms with Gasteiger partial charge in [-0.2, -0.15) is 0 Å². The number of carbonyl (C=O) groups is 3. The Labute approximate surface area is 187 Å². The van der Waals surface area contributed by atoms with Crippen molar-refractivity contribution >= 4 is 46.0 Å². The first-order valence-electron chi connectivity index (χ1n) is 10.4. The predicted molar refractivity (Wildman–Crippen MR) is 113 cm³/mol. The molecule has 1 N–H and O–H groups in total. The number of aliphatic hydroxyl groups is 1. The van der Waals surface area contributed by atoms with Gasteiger partial charge >= 0.3 is 0 Å². The van der Waals surface area contributed by atoms with Crippen molar-refractivity contribution in [2.75, 3.05) is 31.1 Å². The van der Waals surface area contributed by atoms with Crippen molar-refractivity contribution in [1.82, 2.24) is 14.8 Å². The Kier molecular flexibility index (Phi) is 5.02. The molecule has 4 aliphatic rings. The highest BCUT2D eigenvalue weighted by atomic mass is 32.2. The standard InChI is InChI=1S/C20H24N4O5S2/c1-9-14-13(10(2)25)18(27)24(14)15(19(28)29)16(9)31-11-6-23(7-11)20-21-12(8-30-20)17(26)22-4-3-5-22/h8-11,13-14,25H,3-7H2,1-2H3,(H,28,29)/p-1/t9-,10-,13-,14-/m1/s1. The Morgan fingerprint density at radius 2 is 2.06 bits per heavy atom. The molecule has 166 valence electrons. The molecular formula is C20H23N4O5S2-. The molecule has 4 atom stereocenters. The van der Waals surface area contributed by atoms with Gasteiger partial charge < -0.3 is 29.7 Å². The number of carbonyl (C=O) groups excluding carboxylic acids is 3. The highest BCUT2D eigenvalue weighted by Crippen LogP contribution is 2.52. The average molecular weight is 464 g/mol. The van der Waals surface area contributed by atoms with E-state index in [-0.39, 0.29) is 34.7 Å². The fourth-order valence-corrected chi connectivity index (χ4v) is 7.04. The van der Waals surface area contributed by atoms with Gasteiger partial charge in [0.15, 0.2) is 5.13 Å². The number of aromatic nitrogens is 1. The van der Waals surface area contributed by atoms with E-state index >= 15 is 0 Å². The van der Waals surface area contributed by atoms with Gasteiger partial charge in [0.25, 0.3) is 5.91 Å². The summed E-state index contributed by atoms with van der Waals surface area (Å²) in [7, 11) is 0. The van der Waals surface area contributed by atoms with Gasteiger partial charge in [-0.15, -0.1) is 23.1 Å². The number of aliphatic carboxylic acids is 1. The van der Waals surface area contributed by atoms with E-state index in [4.69, 9.17) is 0 Å². The quantitative estimate of drug-likeness (QED) is 0.573. The lowest BCUT2D eigenvalue weighted by Crippen LogP contribution is -2.64. The van der Waals surface area contributed by atoms with Crippen LogP contribution in [0.25, 0.3) is 0 Å². The van der Waals surface area contributed by atoms with Crippen molar-refractivity contribution in [3.8, 4) is 0 Å². The van der Waals surface area contributed by atoms with Crippen molar-refractivity contribution in [1.29, 1.82) is 0 Å². The van der Waals surface area contributed by atoms with Crippen LogP contribution in [0.4, 0.5) is 5.13 Å². The van der Waals surface area contributed by atoms with Crippen LogP contribution >= 0.6 is 23.1 Å². The van der Waals surface area contributed by atoms with E-state index in [1.807, 2.05) is 6.92 Å². The summed E-state index contributed by atoms with van der Waals surface area (Å²) in [4.78, 5) is 46.8. The first-order valence-corrected chi connectivity index (χ1v) is 12.2. The molecule has 5 rings (SSSR count). The van der Waals surface area contributed by atoms with Crippen molar-refractivity contribution in [3.05, 3.63) is 21.7 Å². The number of carboxylic acid groups (broad SMARTS) is 1. The number of hydrogen-bond donors (Lipinski definition) is 1. The number of β-lactam (4-membered cyclic amide) rings is 1. The lowest BCUT2D eigenvalue weighted by atomic mass is 9.79. The molecular weight excluding hydrogens is 440 g/mol. The minimum absolute atomic E-state index is 0.0226. The molecule has 0 aromatic carbocycles. The van der Waals surface area contributed by atoms with E-state index in [0.717, 1.165) is 24.6 Å². The van der Waals surface area contributed by atoms with E-state index < -0.39 is 18.0 Å². The molecule has 3 saturated heterocycles. The van der Waals surface area contributed by atoms with E-state index in [1.165, 1.54) is 28.0 Å². The molecule has 1 aromatic rings. The van der Waals surface area contributed by atoms with E-state index in [9.17, 15) is 24.6 Å². The SMILES string of the molecule is C[C@@H](O)[C@H]1C(=O)N2C(C(=O)[O-])=C(SC3CN(c4nc(C(=O)N5CCC5)cs4)C3)[C@H](C)[C@H]12. The molecule has 0 spiro atoms. The van der Waals surface area contributed by atoms with Crippen LogP contribution in [0.3, 0.4) is 0 Å². The maximum absolute atomic E-state index is 12.4. The second kappa shape index (κ2) is 7.49. The second-order valence-corrected chi connectivity index (χ2v) is 10.7. The van der Waals surface area contributed by atoms with Gasteiger partial charge in [-0.1, -0.05) is 6.92 Å². The van der Waals surface area contributed by atoms with Gasteiger partial charge in [-0.3, -0.25) is 9.59 Å². The van der Waals surface area contributed by atoms with Crippen molar-refractivity contribution < 1.29 is 24.6 Å². The summed E-state index contributed by atoms with van der Waals surface area (Å²) in [6.45, 7) is 6.42. The molecule has 31 heavy (non-hydrogen) atoms. The number of thiazole rings is 1. The normalized spacial score (nSPS) is 28.8. The van der Waals surface area contributed by atoms with E-state index in [2.05, 4.69) is 9.88 Å². The van der Waals surface area contributed by atoms with Gasteiger partial charge in [0.1, 0.15) is 5.69 Å². The lowest BCUT2D eigenvalue weighted by Gasteiger charge is -2.47. The van der Waals surface area contributed by atoms with Gasteiger partial charge in [0, 0.05) is 47.6 Å². The molecule has 11 heteroatoms. The molecule has 2 amide bonds. The summed E-state index contributed by atoms with van der Waals surface area (Å²) in [6.07, 6.45) is 0.221. The van der Waals surface area contributed by atoms with Gasteiger partial charge in [0.2, 0.25) is 5.91 Å². The second-order valence-electron chi connectivity index (χ2n) is 8.56. The van der Waals surface area contributed by atoms with Crippen molar-refractivity contribution in [2.45, 2.75) is 37.7 Å². The summed E-state index contributed by atoms with van der Waals surface area (Å²) in [5.74, 6) is -2.45. The molecule has 4 aliphatic heterocycles. The lowest BCUT2D eigenvalue weighted by molar-refractivity contribution is -0.301. The highest BCUT2D eigenvalue weighted by Gasteiger charge is 2.59. The van der Waals surface area contributed by atoms with Crippen molar-refractivity contribution in [3.63, 3.8) is 0 Å². The molecule has 3 fully saturated rings. The maximum Gasteiger partial charge on any atom is 0.273 e. The van der Waals surface area contributed by atoms with Crippen LogP contribution in [0.15, 0.2) is 16.0 Å². The fourth-order valence-electron chi connectivity index (χ4n) is 4.71. The Hall–Kier alpha value is -2.11. The number of aliphatic hydroxyl groups excluding tert-OH is 1. The number of hydrogen-bond acceptors (Lipinski definition) is 9. The Morgan fingerprint density at radius 1 is 1.35 bits per heavy atom. The first kappa shape index (κ1) is 20.8. The molecule has 9 nitrogen and oxygen atoms in total. The molecule has 0 radical (unpaired) electrons. The summed E-state index contributed by atoms with van der Waals surface area (Å²) in [5.41, 5.74) is 0.439. The Balaban J connectivity index is 1.25. The summed E-state index contributed by atoms with van der Waals surface area (Å²) in [5, 5.41) is 24.5. The molecule has 1 aromatic heterocycles. The van der Waals surface area contributed by atoms with E-state index in [1.54, 1.807) is 17.2 Å². The zero-order valence-corrected chi connectivity index (χ0v) is 18.8. The zero-order valence-electron chi connectivity index (χ0n) is 17.2. The van der Waals surface area contributed by atoms with Crippen LogP contribution in [0.5, 0.6) is 0 Å². The minimum atomic E-state index is -1.35. The van der Waals surface area contributed by atoms with Crippen LogP contribution in [-0.4, -0.2) is 81.2 Å². The number of thioether (sulfide) groups is 1. The van der Waals surface area contributed by atoms with Crippen LogP contribution in [0.2, 0.25) is 0 Å². The Bertz CT molecular complexity index is 982. The largest absolute Gasteiger partial charge is 0.543 e. The molecule has 5 heterocycles. The van der Waals surface area contributed by atoms with Crippen LogP contribution in [0, 0.1) is 11.8 Å². The number of carboxylic acids is 1. The third kappa shape index (κ3) is 3.16. The summed E-state index contributed by atoms with van der Waals surface area (Å²) in [6, 6.07) is -0.326. The fraction of sp³-hybridized carbons (Fsp3) is 0.600. The van der Waals surface area contributed by atoms with Crippen LogP contribution < -0.4 is 10.0 Å². The molecule has 0 unspecified atom stereocenters. The number of rotatable bonds is 6. The van der Waals surface area contributed by atoms with Gasteiger partial charge in [-0.25, -0.2) is 4.98 Å². The highest BCUT2D eigenvalue weighted by molar-refractivity contribution is 8.03. The zero-order chi connectivity index (χ0) is 22.0. The van der Waals surface area contributed by atoms with Gasteiger partial charge in [0.05, 0.1) is 29.7 Å². The minimum Gasteiger partial charge on any atom is -0.543 e. The Morgan fingerprint density at radius 3 is 2.65 bits per heavy atom. The molecule has 0 saturated carbocycles. The summed E-state index contributed by atoms with van der Waals surface area (Å²) >= 11 is 2.91. The third-order valence-electron chi connectivity index (χ3n) is 6.57. The first-order chi connectivity index (χ1) is 14.8.